The van der Waals surface area contributed by atoms with Gasteiger partial charge in [0.1, 0.15) is 6.61 Å². The second-order valence-corrected chi connectivity index (χ2v) is 3.88. The molecule has 2 aromatic rings. The number of ether oxygens (including phenoxy) is 1. The molecule has 0 aliphatic carbocycles. The Kier molecular flexibility index (Phi) is 3.53. The second kappa shape index (κ2) is 5.27. The van der Waals surface area contributed by atoms with Crippen LogP contribution in [0.1, 0.15) is 0 Å². The highest BCUT2D eigenvalue weighted by Gasteiger charge is 2.10. The molecule has 0 amide bonds. The molecule has 0 unspecified atom stereocenters. The van der Waals surface area contributed by atoms with Crippen molar-refractivity contribution in [3.05, 3.63) is 55.1 Å². The maximum Gasteiger partial charge on any atom is 0.169 e. The number of benzene rings is 2. The summed E-state index contributed by atoms with van der Waals surface area (Å²) in [6.45, 7) is 3.94. The Balaban J connectivity index is 2.45. The number of aromatic hydroxyl groups is 1. The predicted molar refractivity (Wildman–Crippen MR) is 73.6 cm³/mol. The monoisotopic (exact) mass is 241 g/mol. The quantitative estimate of drug-likeness (QED) is 0.638. The van der Waals surface area contributed by atoms with Crippen molar-refractivity contribution in [3.63, 3.8) is 0 Å². The summed E-state index contributed by atoms with van der Waals surface area (Å²) in [5, 5.41) is 9.85. The summed E-state index contributed by atoms with van der Waals surface area (Å²) in [4.78, 5) is 0. The van der Waals surface area contributed by atoms with Crippen LogP contribution >= 0.6 is 0 Å². The van der Waals surface area contributed by atoms with Gasteiger partial charge in [0.2, 0.25) is 0 Å². The minimum absolute atomic E-state index is 0.117. The highest BCUT2D eigenvalue weighted by atomic mass is 16.5. The molecule has 3 nitrogen and oxygen atoms in total. The van der Waals surface area contributed by atoms with E-state index in [1.807, 2.05) is 30.3 Å². The van der Waals surface area contributed by atoms with Crippen molar-refractivity contribution in [2.75, 3.05) is 12.3 Å². The molecule has 0 aliphatic rings. The lowest BCUT2D eigenvalue weighted by atomic mass is 10.0. The molecule has 18 heavy (non-hydrogen) atoms. The zero-order valence-corrected chi connectivity index (χ0v) is 9.97. The standard InChI is InChI=1S/C15H15NO2/c1-2-10-18-15-13(4-3-5-14(15)17)11-6-8-12(16)9-7-11/h2-9,17H,1,10,16H2. The van der Waals surface area contributed by atoms with Crippen molar-refractivity contribution >= 4 is 5.69 Å². The largest absolute Gasteiger partial charge is 0.504 e. The van der Waals surface area contributed by atoms with Crippen molar-refractivity contribution in [3.8, 4) is 22.6 Å². The highest BCUT2D eigenvalue weighted by molar-refractivity contribution is 5.74. The number of phenolic OH excluding ortho intramolecular Hbond substituents is 1. The van der Waals surface area contributed by atoms with Crippen molar-refractivity contribution in [1.82, 2.24) is 0 Å². The lowest BCUT2D eigenvalue weighted by Crippen LogP contribution is -1.95. The molecule has 2 rings (SSSR count). The van der Waals surface area contributed by atoms with Crippen molar-refractivity contribution in [2.24, 2.45) is 0 Å². The van der Waals surface area contributed by atoms with Gasteiger partial charge >= 0.3 is 0 Å². The maximum absolute atomic E-state index is 9.85. The van der Waals surface area contributed by atoms with Crippen LogP contribution in [0, 0.1) is 0 Å². The lowest BCUT2D eigenvalue weighted by molar-refractivity contribution is 0.338. The number of anilines is 1. The van der Waals surface area contributed by atoms with Gasteiger partial charge in [-0.15, -0.1) is 0 Å². The van der Waals surface area contributed by atoms with E-state index in [1.165, 1.54) is 0 Å². The molecule has 0 spiro atoms. The minimum Gasteiger partial charge on any atom is -0.504 e. The van der Waals surface area contributed by atoms with Gasteiger partial charge in [-0.05, 0) is 23.8 Å². The van der Waals surface area contributed by atoms with Crippen LogP contribution in [0.5, 0.6) is 11.5 Å². The Hall–Kier alpha value is -2.42. The van der Waals surface area contributed by atoms with E-state index in [9.17, 15) is 5.11 Å². The summed E-state index contributed by atoms with van der Waals surface area (Å²) in [6, 6.07) is 12.7. The molecule has 0 atom stereocenters. The molecule has 0 aliphatic heterocycles. The van der Waals surface area contributed by atoms with Crippen molar-refractivity contribution in [2.45, 2.75) is 0 Å². The molecular weight excluding hydrogens is 226 g/mol. The van der Waals surface area contributed by atoms with Crippen LogP contribution in [0.15, 0.2) is 55.1 Å². The molecular formula is C15H15NO2. The first-order valence-electron chi connectivity index (χ1n) is 5.64. The van der Waals surface area contributed by atoms with Gasteiger partial charge in [0.15, 0.2) is 11.5 Å². The fourth-order valence-corrected chi connectivity index (χ4v) is 1.71. The Morgan fingerprint density at radius 2 is 1.89 bits per heavy atom. The zero-order valence-electron chi connectivity index (χ0n) is 9.97. The first-order valence-corrected chi connectivity index (χ1v) is 5.64. The Morgan fingerprint density at radius 3 is 2.56 bits per heavy atom. The van der Waals surface area contributed by atoms with Crippen molar-refractivity contribution < 1.29 is 9.84 Å². The van der Waals surface area contributed by atoms with Crippen LogP contribution in [0.3, 0.4) is 0 Å². The first kappa shape index (κ1) is 12.0. The maximum atomic E-state index is 9.85. The van der Waals surface area contributed by atoms with Gasteiger partial charge in [-0.2, -0.15) is 0 Å². The summed E-state index contributed by atoms with van der Waals surface area (Å²) in [5.41, 5.74) is 8.13. The van der Waals surface area contributed by atoms with Gasteiger partial charge in [0.25, 0.3) is 0 Å². The molecule has 0 fully saturated rings. The topological polar surface area (TPSA) is 55.5 Å². The number of para-hydroxylation sites is 1. The number of nitrogen functional groups attached to an aromatic ring is 1. The van der Waals surface area contributed by atoms with E-state index in [1.54, 1.807) is 18.2 Å². The van der Waals surface area contributed by atoms with E-state index < -0.39 is 0 Å². The van der Waals surface area contributed by atoms with E-state index in [2.05, 4.69) is 6.58 Å². The summed E-state index contributed by atoms with van der Waals surface area (Å²) in [7, 11) is 0. The number of hydrogen-bond acceptors (Lipinski definition) is 3. The van der Waals surface area contributed by atoms with Crippen LogP contribution in [0.4, 0.5) is 5.69 Å². The molecule has 0 aromatic heterocycles. The molecule has 0 saturated carbocycles. The third kappa shape index (κ3) is 2.46. The number of hydrogen-bond donors (Lipinski definition) is 2. The SMILES string of the molecule is C=CCOc1c(O)cccc1-c1ccc(N)cc1. The molecule has 0 heterocycles. The average Bonchev–Trinajstić information content (AvgIpc) is 2.38. The van der Waals surface area contributed by atoms with E-state index in [0.29, 0.717) is 18.0 Å². The molecule has 0 bridgehead atoms. The third-order valence-electron chi connectivity index (χ3n) is 2.56. The molecule has 2 aromatic carbocycles. The number of nitrogens with two attached hydrogens (primary N) is 1. The summed E-state index contributed by atoms with van der Waals surface area (Å²) in [5.74, 6) is 0.577. The summed E-state index contributed by atoms with van der Waals surface area (Å²) in [6.07, 6.45) is 1.64. The fourth-order valence-electron chi connectivity index (χ4n) is 1.71. The molecule has 3 heteroatoms. The van der Waals surface area contributed by atoms with Gasteiger partial charge < -0.3 is 15.6 Å². The van der Waals surface area contributed by atoms with Gasteiger partial charge in [-0.1, -0.05) is 36.9 Å². The van der Waals surface area contributed by atoms with Crippen molar-refractivity contribution in [1.29, 1.82) is 0 Å². The zero-order chi connectivity index (χ0) is 13.0. The summed E-state index contributed by atoms with van der Waals surface area (Å²) < 4.78 is 5.50. The molecule has 0 radical (unpaired) electrons. The normalized spacial score (nSPS) is 10.0. The second-order valence-electron chi connectivity index (χ2n) is 3.88. The predicted octanol–water partition coefficient (Wildman–Crippen LogP) is 3.21. The van der Waals surface area contributed by atoms with Gasteiger partial charge in [0, 0.05) is 11.3 Å². The van der Waals surface area contributed by atoms with Crippen LogP contribution in [0.2, 0.25) is 0 Å². The van der Waals surface area contributed by atoms with E-state index in [0.717, 1.165) is 11.1 Å². The van der Waals surface area contributed by atoms with Crippen LogP contribution in [-0.4, -0.2) is 11.7 Å². The Bertz CT molecular complexity index is 547. The average molecular weight is 241 g/mol. The van der Waals surface area contributed by atoms with Crippen LogP contribution < -0.4 is 10.5 Å². The van der Waals surface area contributed by atoms with E-state index >= 15 is 0 Å². The van der Waals surface area contributed by atoms with E-state index in [-0.39, 0.29) is 5.75 Å². The Labute approximate surface area is 106 Å². The number of rotatable bonds is 4. The van der Waals surface area contributed by atoms with Crippen LogP contribution in [0.25, 0.3) is 11.1 Å². The van der Waals surface area contributed by atoms with Gasteiger partial charge in [-0.3, -0.25) is 0 Å². The van der Waals surface area contributed by atoms with Crippen LogP contribution in [-0.2, 0) is 0 Å². The number of phenols is 1. The third-order valence-corrected chi connectivity index (χ3v) is 2.56. The van der Waals surface area contributed by atoms with E-state index in [4.69, 9.17) is 10.5 Å². The Morgan fingerprint density at radius 1 is 1.17 bits per heavy atom. The molecule has 0 saturated heterocycles. The lowest BCUT2D eigenvalue weighted by Gasteiger charge is -2.12. The molecule has 92 valence electrons. The minimum atomic E-state index is 0.117. The first-order chi connectivity index (χ1) is 8.72. The van der Waals surface area contributed by atoms with Gasteiger partial charge in [0.05, 0.1) is 0 Å². The van der Waals surface area contributed by atoms with Gasteiger partial charge in [-0.25, -0.2) is 0 Å². The smallest absolute Gasteiger partial charge is 0.169 e. The highest BCUT2D eigenvalue weighted by Crippen LogP contribution is 2.37. The summed E-state index contributed by atoms with van der Waals surface area (Å²) >= 11 is 0. The molecule has 3 N–H and O–H groups in total. The fraction of sp³-hybridized carbons (Fsp3) is 0.0667.